The van der Waals surface area contributed by atoms with Crippen molar-refractivity contribution in [3.63, 3.8) is 0 Å². The highest BCUT2D eigenvalue weighted by Gasteiger charge is 2.27. The Morgan fingerprint density at radius 2 is 2.22 bits per heavy atom. The summed E-state index contributed by atoms with van der Waals surface area (Å²) >= 11 is 3.77. The molecule has 1 aromatic heterocycles. The lowest BCUT2D eigenvalue weighted by Crippen LogP contribution is -2.41. The van der Waals surface area contributed by atoms with Gasteiger partial charge < -0.3 is 9.64 Å². The van der Waals surface area contributed by atoms with Crippen LogP contribution in [0.25, 0.3) is 0 Å². The first-order valence-corrected chi connectivity index (χ1v) is 7.46. The number of anilines is 1. The molecule has 1 saturated carbocycles. The molecule has 100 valence electrons. The molecular weight excluding hydrogens is 294 g/mol. The number of nitrogens with zero attached hydrogens (tertiary/aromatic N) is 3. The third-order valence-electron chi connectivity index (χ3n) is 3.37. The van der Waals surface area contributed by atoms with Gasteiger partial charge in [-0.1, -0.05) is 28.8 Å². The van der Waals surface area contributed by atoms with E-state index < -0.39 is 0 Å². The number of halogens is 1. The van der Waals surface area contributed by atoms with Crippen LogP contribution < -0.4 is 9.64 Å². The molecular formula is C13H20BrN3O. The fraction of sp³-hybridized carbons (Fsp3) is 0.692. The van der Waals surface area contributed by atoms with E-state index in [-0.39, 0.29) is 0 Å². The topological polar surface area (TPSA) is 38.2 Å². The molecule has 18 heavy (non-hydrogen) atoms. The summed E-state index contributed by atoms with van der Waals surface area (Å²) in [5.41, 5.74) is 0. The molecule has 0 radical (unpaired) electrons. The second-order valence-corrected chi connectivity index (χ2v) is 5.78. The zero-order valence-corrected chi connectivity index (χ0v) is 12.6. The molecule has 4 nitrogen and oxygen atoms in total. The van der Waals surface area contributed by atoms with Gasteiger partial charge in [-0.3, -0.25) is 0 Å². The number of rotatable bonds is 4. The van der Waals surface area contributed by atoms with E-state index in [1.807, 2.05) is 6.92 Å². The Kier molecular flexibility index (Phi) is 4.80. The molecule has 0 aliphatic heterocycles. The van der Waals surface area contributed by atoms with Gasteiger partial charge in [0.25, 0.3) is 0 Å². The Morgan fingerprint density at radius 1 is 1.44 bits per heavy atom. The summed E-state index contributed by atoms with van der Waals surface area (Å²) in [4.78, 5) is 11.5. The van der Waals surface area contributed by atoms with E-state index in [0.29, 0.717) is 23.4 Å². The first-order valence-electron chi connectivity index (χ1n) is 6.55. The summed E-state index contributed by atoms with van der Waals surface area (Å²) in [6, 6.07) is 2.27. The van der Waals surface area contributed by atoms with Crippen molar-refractivity contribution in [2.24, 2.45) is 0 Å². The predicted molar refractivity (Wildman–Crippen MR) is 76.6 cm³/mol. The third-order valence-corrected chi connectivity index (χ3v) is 4.44. The van der Waals surface area contributed by atoms with Crippen LogP contribution in [0, 0.1) is 0 Å². The van der Waals surface area contributed by atoms with E-state index >= 15 is 0 Å². The molecule has 2 rings (SSSR count). The minimum atomic E-state index is 0.468. The number of hydrogen-bond donors (Lipinski definition) is 0. The largest absolute Gasteiger partial charge is 0.478 e. The first kappa shape index (κ1) is 13.6. The molecule has 0 saturated heterocycles. The molecule has 2 unspecified atom stereocenters. The van der Waals surface area contributed by atoms with Crippen molar-refractivity contribution >= 4 is 21.9 Å². The highest BCUT2D eigenvalue weighted by Crippen LogP contribution is 2.29. The fourth-order valence-electron chi connectivity index (χ4n) is 2.38. The van der Waals surface area contributed by atoms with Crippen LogP contribution in [0.1, 0.15) is 32.6 Å². The van der Waals surface area contributed by atoms with Crippen LogP contribution in [-0.4, -0.2) is 34.5 Å². The Labute approximate surface area is 117 Å². The summed E-state index contributed by atoms with van der Waals surface area (Å²) in [6.45, 7) is 2.59. The van der Waals surface area contributed by atoms with Crippen molar-refractivity contribution < 1.29 is 4.74 Å². The molecule has 0 bridgehead atoms. The molecule has 1 aliphatic carbocycles. The average Bonchev–Trinajstić information content (AvgIpc) is 2.39. The Bertz CT molecular complexity index is 388. The maximum atomic E-state index is 5.42. The fourth-order valence-corrected chi connectivity index (χ4v) is 3.32. The van der Waals surface area contributed by atoms with Crippen LogP contribution in [-0.2, 0) is 0 Å². The summed E-state index contributed by atoms with van der Waals surface area (Å²) in [5, 5.41) is 0. The van der Waals surface area contributed by atoms with Gasteiger partial charge in [0.2, 0.25) is 11.8 Å². The lowest BCUT2D eigenvalue weighted by Gasteiger charge is -2.35. The van der Waals surface area contributed by atoms with Crippen LogP contribution in [0.2, 0.25) is 0 Å². The average molecular weight is 314 g/mol. The van der Waals surface area contributed by atoms with Gasteiger partial charge in [0, 0.05) is 30.2 Å². The lowest BCUT2D eigenvalue weighted by atomic mass is 9.94. The van der Waals surface area contributed by atoms with E-state index in [2.05, 4.69) is 37.8 Å². The quantitative estimate of drug-likeness (QED) is 0.801. The van der Waals surface area contributed by atoms with Crippen LogP contribution in [0.4, 0.5) is 5.95 Å². The molecule has 2 atom stereocenters. The monoisotopic (exact) mass is 313 g/mol. The molecule has 0 N–H and O–H groups in total. The predicted octanol–water partition coefficient (Wildman–Crippen LogP) is 3.02. The van der Waals surface area contributed by atoms with Crippen LogP contribution in [0.15, 0.2) is 12.3 Å². The molecule has 0 amide bonds. The van der Waals surface area contributed by atoms with Crippen LogP contribution >= 0.6 is 15.9 Å². The lowest BCUT2D eigenvalue weighted by molar-refractivity contribution is 0.325. The van der Waals surface area contributed by atoms with Crippen molar-refractivity contribution in [2.75, 3.05) is 18.6 Å². The van der Waals surface area contributed by atoms with Gasteiger partial charge in [0.05, 0.1) is 6.61 Å². The van der Waals surface area contributed by atoms with Crippen LogP contribution in [0.3, 0.4) is 0 Å². The number of ether oxygens (including phenoxy) is 1. The summed E-state index contributed by atoms with van der Waals surface area (Å²) in [5.74, 6) is 1.40. The maximum absolute atomic E-state index is 5.42. The molecule has 1 heterocycles. The van der Waals surface area contributed by atoms with Gasteiger partial charge in [-0.25, -0.2) is 4.98 Å². The van der Waals surface area contributed by atoms with Crippen molar-refractivity contribution in [3.8, 4) is 5.88 Å². The van der Waals surface area contributed by atoms with Gasteiger partial charge in [-0.15, -0.1) is 0 Å². The first-order chi connectivity index (χ1) is 8.72. The Morgan fingerprint density at radius 3 is 2.94 bits per heavy atom. The third kappa shape index (κ3) is 3.13. The van der Waals surface area contributed by atoms with Crippen LogP contribution in [0.5, 0.6) is 5.88 Å². The molecule has 1 fully saturated rings. The van der Waals surface area contributed by atoms with E-state index in [1.165, 1.54) is 25.7 Å². The minimum absolute atomic E-state index is 0.468. The van der Waals surface area contributed by atoms with Crippen molar-refractivity contribution in [3.05, 3.63) is 12.3 Å². The highest BCUT2D eigenvalue weighted by atomic mass is 79.9. The number of aromatic nitrogens is 2. The molecule has 0 aromatic carbocycles. The van der Waals surface area contributed by atoms with Crippen molar-refractivity contribution in [1.29, 1.82) is 0 Å². The van der Waals surface area contributed by atoms with Gasteiger partial charge in [-0.05, 0) is 19.8 Å². The van der Waals surface area contributed by atoms with Crippen molar-refractivity contribution in [2.45, 2.75) is 43.5 Å². The maximum Gasteiger partial charge on any atom is 0.228 e. The van der Waals surface area contributed by atoms with E-state index in [1.54, 1.807) is 12.3 Å². The molecule has 1 aromatic rings. The zero-order chi connectivity index (χ0) is 13.0. The Balaban J connectivity index is 2.11. The van der Waals surface area contributed by atoms with Gasteiger partial charge in [-0.2, -0.15) is 4.98 Å². The van der Waals surface area contributed by atoms with E-state index in [4.69, 9.17) is 4.74 Å². The molecule has 5 heteroatoms. The Hall–Kier alpha value is -0.840. The van der Waals surface area contributed by atoms with E-state index in [9.17, 15) is 0 Å². The second-order valence-electron chi connectivity index (χ2n) is 4.61. The number of alkyl halides is 1. The van der Waals surface area contributed by atoms with Crippen molar-refractivity contribution in [1.82, 2.24) is 9.97 Å². The standard InChI is InChI=1S/C13H20BrN3O/c1-3-18-12-8-9-15-13(16-12)17(2)11-7-5-4-6-10(11)14/h8-11H,3-7H2,1-2H3. The van der Waals surface area contributed by atoms with Gasteiger partial charge >= 0.3 is 0 Å². The van der Waals surface area contributed by atoms with Gasteiger partial charge in [0.1, 0.15) is 0 Å². The SMILES string of the molecule is CCOc1ccnc(N(C)C2CCCCC2Br)n1. The van der Waals surface area contributed by atoms with Gasteiger partial charge in [0.15, 0.2) is 0 Å². The highest BCUT2D eigenvalue weighted by molar-refractivity contribution is 9.09. The summed E-state index contributed by atoms with van der Waals surface area (Å²) in [6.07, 6.45) is 6.76. The number of hydrogen-bond acceptors (Lipinski definition) is 4. The normalized spacial score (nSPS) is 23.7. The second kappa shape index (κ2) is 6.36. The zero-order valence-electron chi connectivity index (χ0n) is 11.0. The summed E-state index contributed by atoms with van der Waals surface area (Å²) in [7, 11) is 2.06. The molecule has 1 aliphatic rings. The smallest absolute Gasteiger partial charge is 0.228 e. The van der Waals surface area contributed by atoms with E-state index in [0.717, 1.165) is 5.95 Å². The molecule has 0 spiro atoms. The summed E-state index contributed by atoms with van der Waals surface area (Å²) < 4.78 is 5.42. The minimum Gasteiger partial charge on any atom is -0.478 e.